The average molecular weight is 304 g/mol. The van der Waals surface area contributed by atoms with Gasteiger partial charge in [-0.15, -0.1) is 0 Å². The van der Waals surface area contributed by atoms with E-state index in [0.29, 0.717) is 11.3 Å². The van der Waals surface area contributed by atoms with E-state index in [2.05, 4.69) is 24.9 Å². The second-order valence-electron chi connectivity index (χ2n) is 5.95. The predicted octanol–water partition coefficient (Wildman–Crippen LogP) is 4.85. The second-order valence-corrected chi connectivity index (χ2v) is 5.95. The van der Waals surface area contributed by atoms with Crippen molar-refractivity contribution in [1.82, 2.24) is 4.98 Å². The van der Waals surface area contributed by atoms with Crippen LogP contribution in [0.3, 0.4) is 0 Å². The first-order chi connectivity index (χ1) is 11.1. The Bertz CT molecular complexity index is 869. The average Bonchev–Trinajstić information content (AvgIpc) is 2.93. The molecule has 3 aromatic rings. The van der Waals surface area contributed by atoms with Gasteiger partial charge in [-0.2, -0.15) is 5.26 Å². The van der Waals surface area contributed by atoms with Crippen molar-refractivity contribution in [3.63, 3.8) is 0 Å². The van der Waals surface area contributed by atoms with Crippen LogP contribution in [0.25, 0.3) is 10.9 Å². The Balaban J connectivity index is 2.10. The minimum absolute atomic E-state index is 0.207. The van der Waals surface area contributed by atoms with Crippen LogP contribution in [0.1, 0.15) is 48.6 Å². The van der Waals surface area contributed by atoms with Gasteiger partial charge in [-0.05, 0) is 47.9 Å². The number of hydrogen-bond acceptors (Lipinski definition) is 2. The number of rotatable bonds is 4. The molecule has 1 heterocycles. The summed E-state index contributed by atoms with van der Waals surface area (Å²) in [5, 5.41) is 19.8. The number of benzene rings is 2. The molecule has 1 unspecified atom stereocenters. The molecule has 0 radical (unpaired) electrons. The monoisotopic (exact) mass is 304 g/mol. The number of aromatic nitrogens is 1. The molecule has 0 aliphatic carbocycles. The molecule has 0 fully saturated rings. The van der Waals surface area contributed by atoms with Crippen LogP contribution in [0.4, 0.5) is 0 Å². The zero-order chi connectivity index (χ0) is 16.4. The number of aromatic amines is 1. The number of aryl methyl sites for hydroxylation is 1. The van der Waals surface area contributed by atoms with Crippen molar-refractivity contribution in [2.45, 2.75) is 32.6 Å². The number of phenolic OH excluding ortho intramolecular Hbond substituents is 1. The maximum atomic E-state index is 9.80. The first-order valence-electron chi connectivity index (χ1n) is 7.97. The minimum Gasteiger partial charge on any atom is -0.508 e. The van der Waals surface area contributed by atoms with E-state index in [4.69, 9.17) is 5.26 Å². The number of nitrogens with zero attached hydrogens (tertiary/aromatic N) is 1. The molecule has 0 aliphatic heterocycles. The van der Waals surface area contributed by atoms with Gasteiger partial charge in [-0.1, -0.05) is 32.4 Å². The van der Waals surface area contributed by atoms with Gasteiger partial charge >= 0.3 is 0 Å². The fourth-order valence-corrected chi connectivity index (χ4v) is 3.16. The number of phenols is 1. The molecule has 0 spiro atoms. The molecule has 1 aromatic heterocycles. The van der Waals surface area contributed by atoms with E-state index in [1.165, 1.54) is 16.8 Å². The van der Waals surface area contributed by atoms with Crippen LogP contribution in [0, 0.1) is 11.3 Å². The lowest BCUT2D eigenvalue weighted by atomic mass is 9.92. The van der Waals surface area contributed by atoms with E-state index < -0.39 is 0 Å². The van der Waals surface area contributed by atoms with Crippen molar-refractivity contribution >= 4 is 10.9 Å². The van der Waals surface area contributed by atoms with Gasteiger partial charge in [0.15, 0.2) is 0 Å². The highest BCUT2D eigenvalue weighted by molar-refractivity contribution is 5.86. The highest BCUT2D eigenvalue weighted by Gasteiger charge is 2.18. The molecule has 0 saturated heterocycles. The summed E-state index contributed by atoms with van der Waals surface area (Å²) in [5.41, 5.74) is 5.38. The number of fused-ring (bicyclic) bond motifs is 1. The second kappa shape index (κ2) is 6.18. The Kier molecular flexibility index (Phi) is 4.08. The third-order valence-corrected chi connectivity index (χ3v) is 4.40. The fourth-order valence-electron chi connectivity index (χ4n) is 3.16. The van der Waals surface area contributed by atoms with Crippen LogP contribution in [0.15, 0.2) is 42.5 Å². The van der Waals surface area contributed by atoms with E-state index in [9.17, 15) is 5.11 Å². The Morgan fingerprint density at radius 1 is 1.17 bits per heavy atom. The van der Waals surface area contributed by atoms with Crippen LogP contribution in [-0.2, 0) is 6.42 Å². The quantitative estimate of drug-likeness (QED) is 0.724. The third kappa shape index (κ3) is 2.80. The molecule has 0 amide bonds. The minimum atomic E-state index is 0.207. The molecule has 3 nitrogen and oxygen atoms in total. The van der Waals surface area contributed by atoms with Crippen LogP contribution >= 0.6 is 0 Å². The molecule has 0 saturated carbocycles. The molecule has 3 heteroatoms. The topological polar surface area (TPSA) is 59.8 Å². The summed E-state index contributed by atoms with van der Waals surface area (Å²) in [6.45, 7) is 4.34. The van der Waals surface area contributed by atoms with Gasteiger partial charge in [-0.3, -0.25) is 0 Å². The lowest BCUT2D eigenvalue weighted by Gasteiger charge is -2.13. The fraction of sp³-hybridized carbons (Fsp3) is 0.250. The zero-order valence-corrected chi connectivity index (χ0v) is 13.4. The number of H-pyrrole nitrogens is 1. The van der Waals surface area contributed by atoms with Gasteiger partial charge in [0.1, 0.15) is 5.75 Å². The van der Waals surface area contributed by atoms with Crippen LogP contribution in [-0.4, -0.2) is 10.1 Å². The van der Waals surface area contributed by atoms with E-state index in [-0.39, 0.29) is 5.92 Å². The standard InChI is InChI=1S/C20H20N2O/c1-3-4-17-18-11-16(23)9-10-19(18)22-20(17)13(2)15-7-5-14(12-21)6-8-15/h5-11,13,22-23H,3-4H2,1-2H3. The summed E-state index contributed by atoms with van der Waals surface area (Å²) >= 11 is 0. The zero-order valence-electron chi connectivity index (χ0n) is 13.4. The summed E-state index contributed by atoms with van der Waals surface area (Å²) in [6.07, 6.45) is 2.02. The molecular formula is C20H20N2O. The summed E-state index contributed by atoms with van der Waals surface area (Å²) in [7, 11) is 0. The Labute approximate surface area is 136 Å². The van der Waals surface area contributed by atoms with Gasteiger partial charge in [0.2, 0.25) is 0 Å². The maximum absolute atomic E-state index is 9.80. The molecule has 3 rings (SSSR count). The molecule has 1 atom stereocenters. The molecule has 0 bridgehead atoms. The van der Waals surface area contributed by atoms with Gasteiger partial charge in [0.25, 0.3) is 0 Å². The largest absolute Gasteiger partial charge is 0.508 e. The Morgan fingerprint density at radius 3 is 2.57 bits per heavy atom. The van der Waals surface area contributed by atoms with E-state index in [1.807, 2.05) is 36.4 Å². The first-order valence-corrected chi connectivity index (χ1v) is 7.97. The molecular weight excluding hydrogens is 284 g/mol. The van der Waals surface area contributed by atoms with Crippen molar-refractivity contribution in [3.05, 3.63) is 64.8 Å². The van der Waals surface area contributed by atoms with Crippen LogP contribution in [0.2, 0.25) is 0 Å². The van der Waals surface area contributed by atoms with Gasteiger partial charge < -0.3 is 10.1 Å². The number of nitriles is 1. The number of hydrogen-bond donors (Lipinski definition) is 2. The van der Waals surface area contributed by atoms with Crippen molar-refractivity contribution < 1.29 is 5.11 Å². The highest BCUT2D eigenvalue weighted by Crippen LogP contribution is 2.34. The summed E-state index contributed by atoms with van der Waals surface area (Å²) in [6, 6.07) is 15.4. The summed E-state index contributed by atoms with van der Waals surface area (Å²) in [4.78, 5) is 3.53. The smallest absolute Gasteiger partial charge is 0.116 e. The first kappa shape index (κ1) is 15.2. The predicted molar refractivity (Wildman–Crippen MR) is 92.6 cm³/mol. The maximum Gasteiger partial charge on any atom is 0.116 e. The lowest BCUT2D eigenvalue weighted by Crippen LogP contribution is -2.00. The van der Waals surface area contributed by atoms with Crippen LogP contribution < -0.4 is 0 Å². The Hall–Kier alpha value is -2.73. The van der Waals surface area contributed by atoms with E-state index >= 15 is 0 Å². The highest BCUT2D eigenvalue weighted by atomic mass is 16.3. The van der Waals surface area contributed by atoms with Gasteiger partial charge in [-0.25, -0.2) is 0 Å². The molecule has 0 aliphatic rings. The molecule has 2 aromatic carbocycles. The lowest BCUT2D eigenvalue weighted by molar-refractivity contribution is 0.476. The summed E-state index contributed by atoms with van der Waals surface area (Å²) in [5.74, 6) is 0.505. The molecule has 116 valence electrons. The van der Waals surface area contributed by atoms with Crippen molar-refractivity contribution in [2.75, 3.05) is 0 Å². The van der Waals surface area contributed by atoms with Gasteiger partial charge in [0, 0.05) is 22.5 Å². The summed E-state index contributed by atoms with van der Waals surface area (Å²) < 4.78 is 0. The van der Waals surface area contributed by atoms with E-state index in [0.717, 1.165) is 23.7 Å². The third-order valence-electron chi connectivity index (χ3n) is 4.40. The molecule has 23 heavy (non-hydrogen) atoms. The van der Waals surface area contributed by atoms with Crippen molar-refractivity contribution in [3.8, 4) is 11.8 Å². The number of aromatic hydroxyl groups is 1. The Morgan fingerprint density at radius 2 is 1.91 bits per heavy atom. The van der Waals surface area contributed by atoms with Crippen molar-refractivity contribution in [1.29, 1.82) is 5.26 Å². The van der Waals surface area contributed by atoms with E-state index in [1.54, 1.807) is 6.07 Å². The van der Waals surface area contributed by atoms with Gasteiger partial charge in [0.05, 0.1) is 11.6 Å². The number of nitrogens with one attached hydrogen (secondary N) is 1. The van der Waals surface area contributed by atoms with Crippen LogP contribution in [0.5, 0.6) is 5.75 Å². The SMILES string of the molecule is CCCc1c(C(C)c2ccc(C#N)cc2)[nH]c2ccc(O)cc12. The normalized spacial score (nSPS) is 12.2. The van der Waals surface area contributed by atoms with Crippen molar-refractivity contribution in [2.24, 2.45) is 0 Å². The molecule has 2 N–H and O–H groups in total.